The van der Waals surface area contributed by atoms with Crippen LogP contribution in [-0.2, 0) is 11.3 Å². The van der Waals surface area contributed by atoms with Crippen LogP contribution >= 0.6 is 0 Å². The fourth-order valence-corrected chi connectivity index (χ4v) is 2.77. The number of likely N-dealkylation sites (tertiary alicyclic amines) is 1. The van der Waals surface area contributed by atoms with Crippen molar-refractivity contribution in [2.75, 3.05) is 20.3 Å². The van der Waals surface area contributed by atoms with Gasteiger partial charge in [0, 0.05) is 12.6 Å². The first-order valence-corrected chi connectivity index (χ1v) is 6.68. The van der Waals surface area contributed by atoms with Crippen molar-refractivity contribution in [3.05, 3.63) is 35.4 Å². The van der Waals surface area contributed by atoms with Gasteiger partial charge in [0.15, 0.2) is 0 Å². The normalized spacial score (nSPS) is 23.5. The monoisotopic (exact) mass is 263 g/mol. The predicted octanol–water partition coefficient (Wildman–Crippen LogP) is 1.68. The molecule has 0 saturated carbocycles. The van der Waals surface area contributed by atoms with E-state index in [9.17, 15) is 9.90 Å². The van der Waals surface area contributed by atoms with Gasteiger partial charge < -0.3 is 9.84 Å². The second kappa shape index (κ2) is 6.17. The SMILES string of the molecule is COC(=O)c1ccccc1CN1CCC(C)C1CO. The Balaban J connectivity index is 2.17. The summed E-state index contributed by atoms with van der Waals surface area (Å²) in [6.07, 6.45) is 1.09. The van der Waals surface area contributed by atoms with Crippen LogP contribution in [0.25, 0.3) is 0 Å². The van der Waals surface area contributed by atoms with Gasteiger partial charge in [0.2, 0.25) is 0 Å². The number of hydrogen-bond acceptors (Lipinski definition) is 4. The van der Waals surface area contributed by atoms with Crippen molar-refractivity contribution in [3.8, 4) is 0 Å². The number of carbonyl (C=O) groups excluding carboxylic acids is 1. The third kappa shape index (κ3) is 2.96. The zero-order valence-electron chi connectivity index (χ0n) is 11.5. The van der Waals surface area contributed by atoms with Crippen LogP contribution in [0.15, 0.2) is 24.3 Å². The van der Waals surface area contributed by atoms with E-state index in [2.05, 4.69) is 11.8 Å². The second-order valence-electron chi connectivity index (χ2n) is 5.14. The van der Waals surface area contributed by atoms with E-state index < -0.39 is 0 Å². The Kier molecular flexibility index (Phi) is 4.56. The summed E-state index contributed by atoms with van der Waals surface area (Å²) >= 11 is 0. The lowest BCUT2D eigenvalue weighted by Gasteiger charge is -2.25. The fourth-order valence-electron chi connectivity index (χ4n) is 2.77. The molecule has 2 unspecified atom stereocenters. The van der Waals surface area contributed by atoms with Gasteiger partial charge in [-0.25, -0.2) is 4.79 Å². The van der Waals surface area contributed by atoms with Gasteiger partial charge in [0.1, 0.15) is 0 Å². The molecule has 1 aromatic rings. The van der Waals surface area contributed by atoms with Crippen LogP contribution in [-0.4, -0.2) is 42.3 Å². The lowest BCUT2D eigenvalue weighted by molar-refractivity contribution is 0.0597. The summed E-state index contributed by atoms with van der Waals surface area (Å²) in [4.78, 5) is 14.0. The predicted molar refractivity (Wildman–Crippen MR) is 72.8 cm³/mol. The molecule has 0 bridgehead atoms. The summed E-state index contributed by atoms with van der Waals surface area (Å²) < 4.78 is 4.81. The maximum atomic E-state index is 11.7. The second-order valence-corrected chi connectivity index (χ2v) is 5.14. The summed E-state index contributed by atoms with van der Waals surface area (Å²) in [7, 11) is 1.40. The molecule has 2 rings (SSSR count). The van der Waals surface area contributed by atoms with Crippen LogP contribution in [0.3, 0.4) is 0 Å². The molecule has 1 fully saturated rings. The molecule has 19 heavy (non-hydrogen) atoms. The van der Waals surface area contributed by atoms with Gasteiger partial charge in [0.05, 0.1) is 19.3 Å². The number of nitrogens with zero attached hydrogens (tertiary/aromatic N) is 1. The van der Waals surface area contributed by atoms with Crippen LogP contribution in [0.2, 0.25) is 0 Å². The molecule has 1 aliphatic heterocycles. The number of methoxy groups -OCH3 is 1. The van der Waals surface area contributed by atoms with Gasteiger partial charge >= 0.3 is 5.97 Å². The smallest absolute Gasteiger partial charge is 0.338 e. The molecule has 0 aliphatic carbocycles. The maximum Gasteiger partial charge on any atom is 0.338 e. The topological polar surface area (TPSA) is 49.8 Å². The first-order chi connectivity index (χ1) is 9.17. The molecular formula is C15H21NO3. The van der Waals surface area contributed by atoms with Crippen LogP contribution in [0.5, 0.6) is 0 Å². The van der Waals surface area contributed by atoms with Crippen molar-refractivity contribution >= 4 is 5.97 Å². The highest BCUT2D eigenvalue weighted by Crippen LogP contribution is 2.26. The molecule has 1 aromatic carbocycles. The van der Waals surface area contributed by atoms with Gasteiger partial charge in [0.25, 0.3) is 0 Å². The van der Waals surface area contributed by atoms with Crippen molar-refractivity contribution < 1.29 is 14.6 Å². The molecule has 104 valence electrons. The van der Waals surface area contributed by atoms with E-state index in [1.165, 1.54) is 7.11 Å². The van der Waals surface area contributed by atoms with Crippen molar-refractivity contribution in [2.45, 2.75) is 25.9 Å². The molecule has 0 radical (unpaired) electrons. The summed E-state index contributed by atoms with van der Waals surface area (Å²) in [5, 5.41) is 9.48. The van der Waals surface area contributed by atoms with Crippen molar-refractivity contribution in [3.63, 3.8) is 0 Å². The highest BCUT2D eigenvalue weighted by Gasteiger charge is 2.30. The molecule has 4 nitrogen and oxygen atoms in total. The number of hydrogen-bond donors (Lipinski definition) is 1. The Morgan fingerprint density at radius 1 is 1.47 bits per heavy atom. The Morgan fingerprint density at radius 2 is 2.21 bits per heavy atom. The van der Waals surface area contributed by atoms with Gasteiger partial charge in [-0.3, -0.25) is 4.90 Å². The first kappa shape index (κ1) is 14.0. The van der Waals surface area contributed by atoms with Crippen molar-refractivity contribution in [1.29, 1.82) is 0 Å². The summed E-state index contributed by atoms with van der Waals surface area (Å²) in [5.74, 6) is 0.193. The van der Waals surface area contributed by atoms with E-state index in [-0.39, 0.29) is 18.6 Å². The highest BCUT2D eigenvalue weighted by molar-refractivity contribution is 5.90. The zero-order valence-corrected chi connectivity index (χ0v) is 11.5. The third-order valence-electron chi connectivity index (χ3n) is 3.98. The van der Waals surface area contributed by atoms with Crippen LogP contribution in [0.1, 0.15) is 29.3 Å². The van der Waals surface area contributed by atoms with Gasteiger partial charge in [-0.1, -0.05) is 25.1 Å². The number of aliphatic hydroxyl groups is 1. The minimum absolute atomic E-state index is 0.168. The number of rotatable bonds is 4. The van der Waals surface area contributed by atoms with Crippen LogP contribution < -0.4 is 0 Å². The quantitative estimate of drug-likeness (QED) is 0.840. The lowest BCUT2D eigenvalue weighted by atomic mass is 10.0. The van der Waals surface area contributed by atoms with E-state index in [0.29, 0.717) is 18.0 Å². The molecule has 1 saturated heterocycles. The molecule has 0 spiro atoms. The zero-order chi connectivity index (χ0) is 13.8. The molecule has 1 aliphatic rings. The summed E-state index contributed by atoms with van der Waals surface area (Å²) in [6, 6.07) is 7.69. The number of ether oxygens (including phenoxy) is 1. The lowest BCUT2D eigenvalue weighted by Crippen LogP contribution is -2.35. The molecule has 0 amide bonds. The van der Waals surface area contributed by atoms with E-state index in [1.54, 1.807) is 6.07 Å². The van der Waals surface area contributed by atoms with E-state index in [1.807, 2.05) is 18.2 Å². The van der Waals surface area contributed by atoms with Gasteiger partial charge in [-0.15, -0.1) is 0 Å². The maximum absolute atomic E-state index is 11.7. The Hall–Kier alpha value is -1.39. The summed E-state index contributed by atoms with van der Waals surface area (Å²) in [5.41, 5.74) is 1.57. The van der Waals surface area contributed by atoms with E-state index >= 15 is 0 Å². The van der Waals surface area contributed by atoms with Crippen molar-refractivity contribution in [1.82, 2.24) is 4.90 Å². The van der Waals surface area contributed by atoms with Gasteiger partial charge in [-0.05, 0) is 30.5 Å². The Bertz CT molecular complexity index is 447. The van der Waals surface area contributed by atoms with E-state index in [0.717, 1.165) is 18.5 Å². The summed E-state index contributed by atoms with van der Waals surface area (Å²) in [6.45, 7) is 3.97. The average Bonchev–Trinajstić information content (AvgIpc) is 2.79. The molecule has 4 heteroatoms. The average molecular weight is 263 g/mol. The Labute approximate surface area is 114 Å². The molecule has 1 N–H and O–H groups in total. The van der Waals surface area contributed by atoms with Crippen LogP contribution in [0.4, 0.5) is 0 Å². The van der Waals surface area contributed by atoms with Gasteiger partial charge in [-0.2, -0.15) is 0 Å². The molecule has 0 aromatic heterocycles. The first-order valence-electron chi connectivity index (χ1n) is 6.68. The minimum Gasteiger partial charge on any atom is -0.465 e. The largest absolute Gasteiger partial charge is 0.465 e. The number of esters is 1. The number of aliphatic hydroxyl groups excluding tert-OH is 1. The van der Waals surface area contributed by atoms with Crippen molar-refractivity contribution in [2.24, 2.45) is 5.92 Å². The van der Waals surface area contributed by atoms with Crippen LogP contribution in [0, 0.1) is 5.92 Å². The molecule has 2 atom stereocenters. The van der Waals surface area contributed by atoms with E-state index in [4.69, 9.17) is 4.74 Å². The standard InChI is InChI=1S/C15H21NO3/c1-11-7-8-16(14(11)10-17)9-12-5-3-4-6-13(12)15(18)19-2/h3-6,11,14,17H,7-10H2,1-2H3. The highest BCUT2D eigenvalue weighted by atomic mass is 16.5. The minimum atomic E-state index is -0.302. The number of carbonyl (C=O) groups is 1. The number of benzene rings is 1. The third-order valence-corrected chi connectivity index (χ3v) is 3.98. The molecular weight excluding hydrogens is 242 g/mol. The molecule has 1 heterocycles. The fraction of sp³-hybridized carbons (Fsp3) is 0.533. The Morgan fingerprint density at radius 3 is 2.89 bits per heavy atom.